The molecule has 0 aliphatic carbocycles. The molecule has 1 aromatic heterocycles. The Kier molecular flexibility index (Phi) is 4.86. The van der Waals surface area contributed by atoms with Gasteiger partial charge in [0.25, 0.3) is 0 Å². The predicted octanol–water partition coefficient (Wildman–Crippen LogP) is 2.27. The Labute approximate surface area is 141 Å². The average Bonchev–Trinajstić information content (AvgIpc) is 3.12. The minimum absolute atomic E-state index is 0.0560. The number of hydrogen-bond donors (Lipinski definition) is 0. The standard InChI is InChI=1S/C16H21N3O4S/c1-3-24(20,21)19-10-4-5-13(11-19)16-18-17-15(23-16)12-6-8-14(22-2)9-7-12/h6-9,13H,3-5,10-11H2,1-2H3. The molecule has 2 heterocycles. The Morgan fingerprint density at radius 2 is 2.04 bits per heavy atom. The van der Waals surface area contributed by atoms with Crippen molar-refractivity contribution < 1.29 is 17.6 Å². The zero-order chi connectivity index (χ0) is 17.2. The zero-order valence-electron chi connectivity index (χ0n) is 13.8. The monoisotopic (exact) mass is 351 g/mol. The van der Waals surface area contributed by atoms with Gasteiger partial charge in [-0.1, -0.05) is 0 Å². The van der Waals surface area contributed by atoms with Gasteiger partial charge >= 0.3 is 0 Å². The summed E-state index contributed by atoms with van der Waals surface area (Å²) in [5.41, 5.74) is 0.809. The van der Waals surface area contributed by atoms with Crippen molar-refractivity contribution in [2.24, 2.45) is 0 Å². The first-order valence-electron chi connectivity index (χ1n) is 7.99. The van der Waals surface area contributed by atoms with Gasteiger partial charge in [0.1, 0.15) is 5.75 Å². The molecule has 3 rings (SSSR count). The summed E-state index contributed by atoms with van der Waals surface area (Å²) < 4.78 is 36.6. The molecule has 0 N–H and O–H groups in total. The molecule has 7 nitrogen and oxygen atoms in total. The van der Waals surface area contributed by atoms with E-state index in [0.717, 1.165) is 24.2 Å². The van der Waals surface area contributed by atoms with E-state index in [1.165, 1.54) is 4.31 Å². The SMILES string of the molecule is CCS(=O)(=O)N1CCCC(c2nnc(-c3ccc(OC)cc3)o2)C1. The van der Waals surface area contributed by atoms with Crippen LogP contribution in [0.3, 0.4) is 0 Å². The highest BCUT2D eigenvalue weighted by molar-refractivity contribution is 7.89. The summed E-state index contributed by atoms with van der Waals surface area (Å²) in [7, 11) is -1.58. The van der Waals surface area contributed by atoms with E-state index in [-0.39, 0.29) is 11.7 Å². The number of nitrogens with zero attached hydrogens (tertiary/aromatic N) is 3. The van der Waals surface area contributed by atoms with Gasteiger partial charge in [-0.05, 0) is 44.0 Å². The largest absolute Gasteiger partial charge is 0.497 e. The van der Waals surface area contributed by atoms with Gasteiger partial charge in [-0.2, -0.15) is 0 Å². The first-order chi connectivity index (χ1) is 11.5. The van der Waals surface area contributed by atoms with Gasteiger partial charge in [0.05, 0.1) is 18.8 Å². The molecule has 130 valence electrons. The Bertz CT molecular complexity index is 786. The van der Waals surface area contributed by atoms with Crippen molar-refractivity contribution >= 4 is 10.0 Å². The molecule has 0 saturated carbocycles. The summed E-state index contributed by atoms with van der Waals surface area (Å²) in [6, 6.07) is 7.36. The lowest BCUT2D eigenvalue weighted by molar-refractivity contribution is 0.286. The maximum absolute atomic E-state index is 12.1. The molecule has 0 radical (unpaired) electrons. The third kappa shape index (κ3) is 3.44. The maximum atomic E-state index is 12.1. The van der Waals surface area contributed by atoms with Gasteiger partial charge in [0.15, 0.2) is 0 Å². The average molecular weight is 351 g/mol. The van der Waals surface area contributed by atoms with Crippen LogP contribution in [-0.2, 0) is 10.0 Å². The Morgan fingerprint density at radius 3 is 2.71 bits per heavy atom. The summed E-state index contributed by atoms with van der Waals surface area (Å²) in [6.45, 7) is 2.62. The molecule has 1 atom stereocenters. The van der Waals surface area contributed by atoms with Gasteiger partial charge < -0.3 is 9.15 Å². The Morgan fingerprint density at radius 1 is 1.29 bits per heavy atom. The molecule has 1 aliphatic heterocycles. The summed E-state index contributed by atoms with van der Waals surface area (Å²) in [4.78, 5) is 0. The van der Waals surface area contributed by atoms with Gasteiger partial charge in [-0.25, -0.2) is 12.7 Å². The lowest BCUT2D eigenvalue weighted by Gasteiger charge is -2.29. The molecule has 1 fully saturated rings. The van der Waals surface area contributed by atoms with E-state index in [2.05, 4.69) is 10.2 Å². The molecular weight excluding hydrogens is 330 g/mol. The lowest BCUT2D eigenvalue weighted by atomic mass is 10.00. The van der Waals surface area contributed by atoms with Crippen molar-refractivity contribution in [2.45, 2.75) is 25.7 Å². The molecule has 24 heavy (non-hydrogen) atoms. The highest BCUT2D eigenvalue weighted by atomic mass is 32.2. The molecule has 1 saturated heterocycles. The van der Waals surface area contributed by atoms with Crippen LogP contribution < -0.4 is 4.74 Å². The number of piperidine rings is 1. The number of benzene rings is 1. The number of rotatable bonds is 5. The summed E-state index contributed by atoms with van der Waals surface area (Å²) in [6.07, 6.45) is 1.64. The van der Waals surface area contributed by atoms with E-state index in [1.54, 1.807) is 14.0 Å². The van der Waals surface area contributed by atoms with Gasteiger partial charge in [-0.3, -0.25) is 0 Å². The van der Waals surface area contributed by atoms with Gasteiger partial charge in [0, 0.05) is 18.7 Å². The lowest BCUT2D eigenvalue weighted by Crippen LogP contribution is -2.39. The second-order valence-corrected chi connectivity index (χ2v) is 8.03. The highest BCUT2D eigenvalue weighted by Gasteiger charge is 2.31. The fourth-order valence-corrected chi connectivity index (χ4v) is 4.01. The molecular formula is C16H21N3O4S. The topological polar surface area (TPSA) is 85.5 Å². The van der Waals surface area contributed by atoms with Gasteiger partial charge in [-0.15, -0.1) is 10.2 Å². The first-order valence-corrected chi connectivity index (χ1v) is 9.60. The smallest absolute Gasteiger partial charge is 0.247 e. The fraction of sp³-hybridized carbons (Fsp3) is 0.500. The summed E-state index contributed by atoms with van der Waals surface area (Å²) in [5.74, 6) is 1.74. The maximum Gasteiger partial charge on any atom is 0.247 e. The summed E-state index contributed by atoms with van der Waals surface area (Å²) >= 11 is 0. The van der Waals surface area contributed by atoms with Crippen molar-refractivity contribution in [1.82, 2.24) is 14.5 Å². The van der Waals surface area contributed by atoms with Crippen molar-refractivity contribution in [3.05, 3.63) is 30.2 Å². The second kappa shape index (κ2) is 6.90. The van der Waals surface area contributed by atoms with Crippen molar-refractivity contribution in [3.63, 3.8) is 0 Å². The van der Waals surface area contributed by atoms with Crippen LogP contribution >= 0.6 is 0 Å². The first kappa shape index (κ1) is 16.9. The van der Waals surface area contributed by atoms with Crippen molar-refractivity contribution in [3.8, 4) is 17.2 Å². The van der Waals surface area contributed by atoms with Crippen LogP contribution in [0.5, 0.6) is 5.75 Å². The molecule has 0 bridgehead atoms. The fourth-order valence-electron chi connectivity index (χ4n) is 2.83. The van der Waals surface area contributed by atoms with Gasteiger partial charge in [0.2, 0.25) is 21.8 Å². The van der Waals surface area contributed by atoms with Crippen LogP contribution in [0, 0.1) is 0 Å². The van der Waals surface area contributed by atoms with E-state index in [9.17, 15) is 8.42 Å². The number of hydrogen-bond acceptors (Lipinski definition) is 6. The Balaban J connectivity index is 1.77. The predicted molar refractivity (Wildman–Crippen MR) is 89.3 cm³/mol. The summed E-state index contributed by atoms with van der Waals surface area (Å²) in [5, 5.41) is 8.23. The molecule has 1 unspecified atom stereocenters. The zero-order valence-corrected chi connectivity index (χ0v) is 14.6. The number of ether oxygens (including phenoxy) is 1. The van der Waals surface area contributed by atoms with Crippen LogP contribution in [0.1, 0.15) is 31.6 Å². The van der Waals surface area contributed by atoms with E-state index in [1.807, 2.05) is 24.3 Å². The van der Waals surface area contributed by atoms with Crippen LogP contribution in [0.25, 0.3) is 11.5 Å². The minimum atomic E-state index is -3.19. The quantitative estimate of drug-likeness (QED) is 0.821. The molecule has 0 amide bonds. The van der Waals surface area contributed by atoms with E-state index in [4.69, 9.17) is 9.15 Å². The van der Waals surface area contributed by atoms with Crippen LogP contribution in [0.2, 0.25) is 0 Å². The van der Waals surface area contributed by atoms with Crippen molar-refractivity contribution in [2.75, 3.05) is 26.0 Å². The Hall–Kier alpha value is -1.93. The van der Waals surface area contributed by atoms with Crippen LogP contribution in [0.15, 0.2) is 28.7 Å². The number of methoxy groups -OCH3 is 1. The van der Waals surface area contributed by atoms with Crippen LogP contribution in [-0.4, -0.2) is 48.9 Å². The van der Waals surface area contributed by atoms with Crippen molar-refractivity contribution in [1.29, 1.82) is 0 Å². The molecule has 1 aliphatic rings. The second-order valence-electron chi connectivity index (χ2n) is 5.77. The van der Waals surface area contributed by atoms with E-state index < -0.39 is 10.0 Å². The third-order valence-electron chi connectivity index (χ3n) is 4.27. The molecule has 8 heteroatoms. The molecule has 1 aromatic carbocycles. The molecule has 0 spiro atoms. The minimum Gasteiger partial charge on any atom is -0.497 e. The number of sulfonamides is 1. The van der Waals surface area contributed by atoms with Crippen LogP contribution in [0.4, 0.5) is 0 Å². The normalized spacial score (nSPS) is 19.3. The third-order valence-corrected chi connectivity index (χ3v) is 6.12. The van der Waals surface area contributed by atoms with E-state index in [0.29, 0.717) is 24.9 Å². The highest BCUT2D eigenvalue weighted by Crippen LogP contribution is 2.30. The number of aromatic nitrogens is 2. The van der Waals surface area contributed by atoms with E-state index >= 15 is 0 Å². The molecule has 2 aromatic rings.